The van der Waals surface area contributed by atoms with Gasteiger partial charge in [-0.2, -0.15) is 0 Å². The topological polar surface area (TPSA) is 70.2 Å². The molecule has 2 aromatic rings. The van der Waals surface area contributed by atoms with Gasteiger partial charge in [-0.15, -0.1) is 24.0 Å². The van der Waals surface area contributed by atoms with E-state index >= 15 is 0 Å². The zero-order valence-electron chi connectivity index (χ0n) is 16.9. The highest BCUT2D eigenvalue weighted by Gasteiger charge is 2.18. The number of nitrogens with two attached hydrogens (primary N) is 1. The molecule has 162 valence electrons. The van der Waals surface area contributed by atoms with E-state index in [1.807, 2.05) is 24.4 Å². The third kappa shape index (κ3) is 5.72. The van der Waals surface area contributed by atoms with E-state index in [4.69, 9.17) is 10.5 Å². The molecular formula is C21H28FIN6O. The van der Waals surface area contributed by atoms with Crippen molar-refractivity contribution >= 4 is 41.4 Å². The smallest absolute Gasteiger partial charge is 0.191 e. The molecule has 4 rings (SSSR count). The number of hydrogen-bond acceptors (Lipinski definition) is 5. The van der Waals surface area contributed by atoms with Crippen LogP contribution in [0.25, 0.3) is 0 Å². The Balaban J connectivity index is 0.00000256. The van der Waals surface area contributed by atoms with E-state index in [0.29, 0.717) is 12.5 Å². The molecule has 7 nitrogen and oxygen atoms in total. The zero-order chi connectivity index (χ0) is 20.1. The second-order valence-electron chi connectivity index (χ2n) is 7.25. The van der Waals surface area contributed by atoms with Gasteiger partial charge in [0.25, 0.3) is 0 Å². The molecule has 1 aromatic carbocycles. The molecule has 2 fully saturated rings. The Morgan fingerprint density at radius 3 is 2.40 bits per heavy atom. The summed E-state index contributed by atoms with van der Waals surface area (Å²) in [6, 6.07) is 10.7. The van der Waals surface area contributed by atoms with Gasteiger partial charge in [-0.3, -0.25) is 0 Å². The molecule has 0 saturated carbocycles. The van der Waals surface area contributed by atoms with Crippen molar-refractivity contribution in [3.8, 4) is 0 Å². The van der Waals surface area contributed by atoms with E-state index < -0.39 is 0 Å². The fraction of sp³-hybridized carbons (Fsp3) is 0.429. The fourth-order valence-electron chi connectivity index (χ4n) is 3.64. The predicted octanol–water partition coefficient (Wildman–Crippen LogP) is 2.31. The molecule has 2 aliphatic heterocycles. The number of aromatic nitrogens is 1. The van der Waals surface area contributed by atoms with Crippen LogP contribution in [0.1, 0.15) is 5.56 Å². The van der Waals surface area contributed by atoms with Crippen LogP contribution >= 0.6 is 24.0 Å². The first-order valence-electron chi connectivity index (χ1n) is 10.0. The maximum absolute atomic E-state index is 13.1. The summed E-state index contributed by atoms with van der Waals surface area (Å²) < 4.78 is 18.5. The lowest BCUT2D eigenvalue weighted by molar-refractivity contribution is 0.122. The van der Waals surface area contributed by atoms with Crippen molar-refractivity contribution in [2.75, 3.05) is 62.3 Å². The Morgan fingerprint density at radius 2 is 1.70 bits per heavy atom. The van der Waals surface area contributed by atoms with Crippen LogP contribution in [0.4, 0.5) is 15.9 Å². The van der Waals surface area contributed by atoms with Gasteiger partial charge in [-0.1, -0.05) is 0 Å². The SMILES string of the molecule is I.NC(=NCc1ccnc(N2CCOCC2)c1)N1CCN(c2ccc(F)cc2)CC1. The van der Waals surface area contributed by atoms with Crippen LogP contribution in [-0.4, -0.2) is 68.3 Å². The first-order chi connectivity index (χ1) is 14.2. The first-order valence-corrected chi connectivity index (χ1v) is 10.0. The molecule has 3 heterocycles. The molecule has 1 aromatic heterocycles. The Morgan fingerprint density at radius 1 is 1.00 bits per heavy atom. The molecule has 9 heteroatoms. The number of morpholine rings is 1. The maximum Gasteiger partial charge on any atom is 0.191 e. The lowest BCUT2D eigenvalue weighted by atomic mass is 10.2. The van der Waals surface area contributed by atoms with Crippen LogP contribution in [0.5, 0.6) is 0 Å². The van der Waals surface area contributed by atoms with Crippen molar-refractivity contribution in [3.63, 3.8) is 0 Å². The summed E-state index contributed by atoms with van der Waals surface area (Å²) in [5, 5.41) is 0. The van der Waals surface area contributed by atoms with E-state index in [9.17, 15) is 4.39 Å². The first kappa shape index (κ1) is 22.5. The average molecular weight is 526 g/mol. The molecule has 30 heavy (non-hydrogen) atoms. The van der Waals surface area contributed by atoms with Gasteiger partial charge in [-0.25, -0.2) is 14.4 Å². The molecule has 0 amide bonds. The minimum Gasteiger partial charge on any atom is -0.378 e. The highest BCUT2D eigenvalue weighted by molar-refractivity contribution is 14.0. The van der Waals surface area contributed by atoms with Gasteiger partial charge in [0.05, 0.1) is 19.8 Å². The van der Waals surface area contributed by atoms with Gasteiger partial charge >= 0.3 is 0 Å². The molecule has 0 bridgehead atoms. The monoisotopic (exact) mass is 526 g/mol. The number of rotatable bonds is 4. The summed E-state index contributed by atoms with van der Waals surface area (Å²) >= 11 is 0. The van der Waals surface area contributed by atoms with Crippen LogP contribution in [-0.2, 0) is 11.3 Å². The number of halogens is 2. The number of nitrogens with zero attached hydrogens (tertiary/aromatic N) is 5. The number of benzene rings is 1. The van der Waals surface area contributed by atoms with Crippen molar-refractivity contribution in [1.29, 1.82) is 0 Å². The number of piperazine rings is 1. The molecule has 0 unspecified atom stereocenters. The summed E-state index contributed by atoms with van der Waals surface area (Å²) in [7, 11) is 0. The van der Waals surface area contributed by atoms with Crippen LogP contribution in [0.3, 0.4) is 0 Å². The van der Waals surface area contributed by atoms with E-state index in [-0.39, 0.29) is 29.8 Å². The molecule has 2 aliphatic rings. The van der Waals surface area contributed by atoms with Crippen molar-refractivity contribution < 1.29 is 9.13 Å². The third-order valence-corrected chi connectivity index (χ3v) is 5.36. The van der Waals surface area contributed by atoms with Crippen molar-refractivity contribution in [1.82, 2.24) is 9.88 Å². The van der Waals surface area contributed by atoms with Gasteiger partial charge in [0.15, 0.2) is 5.96 Å². The van der Waals surface area contributed by atoms with E-state index in [1.165, 1.54) is 12.1 Å². The number of ether oxygens (including phenoxy) is 1. The van der Waals surface area contributed by atoms with E-state index in [2.05, 4.69) is 30.7 Å². The molecule has 0 atom stereocenters. The van der Waals surface area contributed by atoms with Crippen LogP contribution in [0.15, 0.2) is 47.6 Å². The fourth-order valence-corrected chi connectivity index (χ4v) is 3.64. The Kier molecular flexibility index (Phi) is 8.08. The average Bonchev–Trinajstić information content (AvgIpc) is 2.79. The predicted molar refractivity (Wildman–Crippen MR) is 128 cm³/mol. The number of aliphatic imine (C=N–C) groups is 1. The lowest BCUT2D eigenvalue weighted by Gasteiger charge is -2.36. The van der Waals surface area contributed by atoms with Crippen molar-refractivity contribution in [2.24, 2.45) is 10.7 Å². The third-order valence-electron chi connectivity index (χ3n) is 5.36. The highest BCUT2D eigenvalue weighted by Crippen LogP contribution is 2.17. The van der Waals surface area contributed by atoms with Crippen LogP contribution in [0, 0.1) is 5.82 Å². The summed E-state index contributed by atoms with van der Waals surface area (Å²) in [6.45, 7) is 6.98. The molecule has 2 N–H and O–H groups in total. The second kappa shape index (κ2) is 10.8. The van der Waals surface area contributed by atoms with Gasteiger partial charge in [0.2, 0.25) is 0 Å². The van der Waals surface area contributed by atoms with Gasteiger partial charge in [-0.05, 0) is 42.0 Å². The maximum atomic E-state index is 13.1. The van der Waals surface area contributed by atoms with Crippen LogP contribution < -0.4 is 15.5 Å². The normalized spacial score (nSPS) is 17.6. The standard InChI is InChI=1S/C21H27FN6O.HI/c22-18-1-3-19(4-2-18)26-7-9-28(10-8-26)21(23)25-16-17-5-6-24-20(15-17)27-11-13-29-14-12-27;/h1-6,15H,7-14,16H2,(H2,23,25);1H. The molecule has 2 saturated heterocycles. The number of anilines is 2. The van der Waals surface area contributed by atoms with Crippen LogP contribution in [0.2, 0.25) is 0 Å². The van der Waals surface area contributed by atoms with Gasteiger partial charge in [0, 0.05) is 51.2 Å². The zero-order valence-corrected chi connectivity index (χ0v) is 19.2. The number of pyridine rings is 1. The highest BCUT2D eigenvalue weighted by atomic mass is 127. The summed E-state index contributed by atoms with van der Waals surface area (Å²) in [5.41, 5.74) is 8.37. The van der Waals surface area contributed by atoms with Gasteiger partial charge < -0.3 is 25.2 Å². The number of hydrogen-bond donors (Lipinski definition) is 1. The molecular weight excluding hydrogens is 498 g/mol. The number of guanidine groups is 1. The summed E-state index contributed by atoms with van der Waals surface area (Å²) in [4.78, 5) is 15.6. The lowest BCUT2D eigenvalue weighted by Crippen LogP contribution is -2.51. The molecule has 0 aliphatic carbocycles. The Hall–Kier alpha value is -2.14. The second-order valence-corrected chi connectivity index (χ2v) is 7.25. The Labute approximate surface area is 193 Å². The van der Waals surface area contributed by atoms with Crippen molar-refractivity contribution in [3.05, 3.63) is 54.0 Å². The largest absolute Gasteiger partial charge is 0.378 e. The minimum absolute atomic E-state index is 0. The summed E-state index contributed by atoms with van der Waals surface area (Å²) in [5.74, 6) is 1.32. The molecule has 0 radical (unpaired) electrons. The van der Waals surface area contributed by atoms with E-state index in [1.54, 1.807) is 0 Å². The van der Waals surface area contributed by atoms with E-state index in [0.717, 1.165) is 69.6 Å². The summed E-state index contributed by atoms with van der Waals surface area (Å²) in [6.07, 6.45) is 1.83. The van der Waals surface area contributed by atoms with Gasteiger partial charge in [0.1, 0.15) is 11.6 Å². The molecule has 0 spiro atoms. The minimum atomic E-state index is -0.211. The van der Waals surface area contributed by atoms with Crippen molar-refractivity contribution in [2.45, 2.75) is 6.54 Å². The Bertz CT molecular complexity index is 836. The quantitative estimate of drug-likeness (QED) is 0.375.